The number of rotatable bonds is 4. The van der Waals surface area contributed by atoms with Gasteiger partial charge in [0.25, 0.3) is 0 Å². The second kappa shape index (κ2) is 8.96. The van der Waals surface area contributed by atoms with Crippen molar-refractivity contribution in [2.24, 2.45) is 0 Å². The predicted octanol–water partition coefficient (Wildman–Crippen LogP) is 4.42. The fourth-order valence-corrected chi connectivity index (χ4v) is 5.68. The summed E-state index contributed by atoms with van der Waals surface area (Å²) < 4.78 is 14.6. The van der Waals surface area contributed by atoms with Crippen LogP contribution >= 0.6 is 0 Å². The maximum Gasteiger partial charge on any atom is 0.221 e. The molecule has 4 heterocycles. The van der Waals surface area contributed by atoms with Crippen molar-refractivity contribution in [1.82, 2.24) is 4.98 Å². The maximum absolute atomic E-state index is 14.6. The van der Waals surface area contributed by atoms with Gasteiger partial charge in [0.15, 0.2) is 0 Å². The molecule has 1 aromatic carbocycles. The topological polar surface area (TPSA) is 51.7 Å². The third-order valence-corrected chi connectivity index (χ3v) is 7.15. The lowest BCUT2D eigenvalue weighted by Gasteiger charge is -2.41. The first kappa shape index (κ1) is 21.0. The highest BCUT2D eigenvalue weighted by molar-refractivity contribution is 5.89. The number of aromatic nitrogens is 1. The molecule has 0 radical (unpaired) electrons. The molecule has 170 valence electrons. The Morgan fingerprint density at radius 3 is 2.53 bits per heavy atom. The minimum absolute atomic E-state index is 0.238. The van der Waals surface area contributed by atoms with E-state index >= 15 is 0 Å². The average Bonchev–Trinajstić information content (AvgIpc) is 3.25. The monoisotopic (exact) mass is 437 g/mol. The van der Waals surface area contributed by atoms with Crippen LogP contribution < -0.4 is 20.0 Å². The molecule has 0 unspecified atom stereocenters. The number of carbonyl (C=O) groups excluding carboxylic acids is 1. The molecule has 0 saturated carbocycles. The van der Waals surface area contributed by atoms with Crippen LogP contribution in [0.25, 0.3) is 0 Å². The summed E-state index contributed by atoms with van der Waals surface area (Å²) in [4.78, 5) is 23.3. The minimum Gasteiger partial charge on any atom is -0.371 e. The number of nitrogens with one attached hydrogen (secondary N) is 1. The fraction of sp³-hybridized carbons (Fsp3) is 0.520. The van der Waals surface area contributed by atoms with Crippen molar-refractivity contribution in [3.8, 4) is 0 Å². The van der Waals surface area contributed by atoms with E-state index in [4.69, 9.17) is 4.98 Å². The van der Waals surface area contributed by atoms with Crippen LogP contribution in [0, 0.1) is 5.82 Å². The van der Waals surface area contributed by atoms with Gasteiger partial charge < -0.3 is 20.0 Å². The zero-order valence-electron chi connectivity index (χ0n) is 18.8. The molecule has 0 aliphatic carbocycles. The Bertz CT molecular complexity index is 977. The molecule has 3 saturated heterocycles. The van der Waals surface area contributed by atoms with Gasteiger partial charge in [0.2, 0.25) is 5.91 Å². The smallest absolute Gasteiger partial charge is 0.221 e. The van der Waals surface area contributed by atoms with Gasteiger partial charge in [0.1, 0.15) is 11.6 Å². The average molecular weight is 438 g/mol. The largest absolute Gasteiger partial charge is 0.371 e. The summed E-state index contributed by atoms with van der Waals surface area (Å²) in [6.45, 7) is 5.54. The Morgan fingerprint density at radius 1 is 0.938 bits per heavy atom. The van der Waals surface area contributed by atoms with Gasteiger partial charge in [0, 0.05) is 56.7 Å². The quantitative estimate of drug-likeness (QED) is 0.768. The molecular formula is C25H32FN5O. The van der Waals surface area contributed by atoms with Crippen LogP contribution in [0.4, 0.5) is 27.3 Å². The van der Waals surface area contributed by atoms with Crippen LogP contribution in [-0.2, 0) is 4.79 Å². The number of piperidine rings is 2. The summed E-state index contributed by atoms with van der Waals surface area (Å²) in [5.74, 6) is 0.417. The molecule has 2 aromatic rings. The first-order valence-corrected chi connectivity index (χ1v) is 11.9. The molecular weight excluding hydrogens is 405 g/mol. The van der Waals surface area contributed by atoms with Crippen LogP contribution in [-0.4, -0.2) is 49.2 Å². The number of carbonyl (C=O) groups is 1. The number of pyridine rings is 1. The molecule has 1 amide bonds. The number of fused-ring (bicyclic) bond motifs is 1. The van der Waals surface area contributed by atoms with E-state index in [2.05, 4.69) is 32.1 Å². The number of halogens is 1. The fourth-order valence-electron chi connectivity index (χ4n) is 5.68. The molecule has 5 rings (SSSR count). The maximum atomic E-state index is 14.6. The molecule has 1 N–H and O–H groups in total. The standard InChI is InChI=1S/C25H32FN5O/c1-18(32)28-22-8-7-20(16-21(22)26)30-14-5-6-23-24(30)10-15-31(23)25-17-19(9-11-27-25)29-12-3-2-4-13-29/h7-9,11,16-17,23-24H,2-6,10,12-15H2,1H3,(H,28,32)/t23-,24-/m1/s1. The van der Waals surface area contributed by atoms with Crippen LogP contribution in [0.1, 0.15) is 45.4 Å². The number of benzene rings is 1. The van der Waals surface area contributed by atoms with E-state index in [1.807, 2.05) is 12.3 Å². The van der Waals surface area contributed by atoms with E-state index in [1.54, 1.807) is 12.1 Å². The van der Waals surface area contributed by atoms with E-state index < -0.39 is 0 Å². The molecule has 2 atom stereocenters. The Labute approximate surface area is 189 Å². The summed E-state index contributed by atoms with van der Waals surface area (Å²) >= 11 is 0. The summed E-state index contributed by atoms with van der Waals surface area (Å²) in [7, 11) is 0. The highest BCUT2D eigenvalue weighted by atomic mass is 19.1. The van der Waals surface area contributed by atoms with Crippen LogP contribution in [0.3, 0.4) is 0 Å². The van der Waals surface area contributed by atoms with Crippen molar-refractivity contribution in [3.63, 3.8) is 0 Å². The molecule has 1 aromatic heterocycles. The molecule has 7 heteroatoms. The van der Waals surface area contributed by atoms with Gasteiger partial charge in [0.05, 0.1) is 17.8 Å². The highest BCUT2D eigenvalue weighted by Crippen LogP contribution is 2.37. The van der Waals surface area contributed by atoms with Gasteiger partial charge in [-0.15, -0.1) is 0 Å². The van der Waals surface area contributed by atoms with Gasteiger partial charge >= 0.3 is 0 Å². The van der Waals surface area contributed by atoms with Gasteiger partial charge in [-0.05, 0) is 62.8 Å². The van der Waals surface area contributed by atoms with Crippen LogP contribution in [0.15, 0.2) is 36.5 Å². The summed E-state index contributed by atoms with van der Waals surface area (Å²) in [6.07, 6.45) is 9.03. The normalized spacial score (nSPS) is 23.2. The van der Waals surface area contributed by atoms with E-state index in [0.717, 1.165) is 56.9 Å². The van der Waals surface area contributed by atoms with Crippen molar-refractivity contribution in [3.05, 3.63) is 42.3 Å². The number of hydrogen-bond acceptors (Lipinski definition) is 5. The van der Waals surface area contributed by atoms with Gasteiger partial charge in [-0.1, -0.05) is 0 Å². The Balaban J connectivity index is 1.35. The second-order valence-electron chi connectivity index (χ2n) is 9.22. The van der Waals surface area contributed by atoms with Crippen molar-refractivity contribution in [2.45, 2.75) is 57.5 Å². The molecule has 6 nitrogen and oxygen atoms in total. The minimum atomic E-state index is -0.384. The molecule has 3 fully saturated rings. The zero-order chi connectivity index (χ0) is 22.1. The summed E-state index contributed by atoms with van der Waals surface area (Å²) in [5, 5.41) is 2.56. The molecule has 3 aliphatic heterocycles. The molecule has 32 heavy (non-hydrogen) atoms. The van der Waals surface area contributed by atoms with Crippen molar-refractivity contribution in [1.29, 1.82) is 0 Å². The van der Waals surface area contributed by atoms with Crippen LogP contribution in [0.2, 0.25) is 0 Å². The first-order chi connectivity index (χ1) is 15.6. The first-order valence-electron chi connectivity index (χ1n) is 11.9. The third kappa shape index (κ3) is 4.12. The Hall–Kier alpha value is -2.83. The van der Waals surface area contributed by atoms with Gasteiger partial charge in [-0.25, -0.2) is 9.37 Å². The lowest BCUT2D eigenvalue weighted by atomic mass is 9.96. The zero-order valence-corrected chi connectivity index (χ0v) is 18.8. The van der Waals surface area contributed by atoms with E-state index in [9.17, 15) is 9.18 Å². The second-order valence-corrected chi connectivity index (χ2v) is 9.22. The molecule has 0 spiro atoms. The van der Waals surface area contributed by atoms with Crippen LogP contribution in [0.5, 0.6) is 0 Å². The molecule has 0 bridgehead atoms. The number of nitrogens with zero attached hydrogens (tertiary/aromatic N) is 4. The third-order valence-electron chi connectivity index (χ3n) is 7.15. The SMILES string of the molecule is CC(=O)Nc1ccc(N2CCC[C@@H]3[C@H]2CCN3c2cc(N3CCCCC3)ccn2)cc1F. The lowest BCUT2D eigenvalue weighted by Crippen LogP contribution is -2.50. The van der Waals surface area contributed by atoms with Gasteiger partial charge in [-0.2, -0.15) is 0 Å². The number of anilines is 4. The Kier molecular flexibility index (Phi) is 5.89. The summed E-state index contributed by atoms with van der Waals surface area (Å²) in [5.41, 5.74) is 2.41. The van der Waals surface area contributed by atoms with Crippen molar-refractivity contribution < 1.29 is 9.18 Å². The van der Waals surface area contributed by atoms with E-state index in [1.165, 1.54) is 31.9 Å². The number of hydrogen-bond donors (Lipinski definition) is 1. The number of amides is 1. The van der Waals surface area contributed by atoms with E-state index in [0.29, 0.717) is 12.1 Å². The predicted molar refractivity (Wildman–Crippen MR) is 127 cm³/mol. The highest BCUT2D eigenvalue weighted by Gasteiger charge is 2.41. The van der Waals surface area contributed by atoms with Gasteiger partial charge in [-0.3, -0.25) is 4.79 Å². The van der Waals surface area contributed by atoms with Crippen molar-refractivity contribution in [2.75, 3.05) is 46.2 Å². The summed E-state index contributed by atoms with van der Waals surface area (Å²) in [6, 6.07) is 10.3. The Morgan fingerprint density at radius 2 is 1.75 bits per heavy atom. The van der Waals surface area contributed by atoms with Crippen molar-refractivity contribution >= 4 is 28.8 Å². The molecule has 3 aliphatic rings. The lowest BCUT2D eigenvalue weighted by molar-refractivity contribution is -0.114. The van der Waals surface area contributed by atoms with E-state index in [-0.39, 0.29) is 17.4 Å².